The monoisotopic (exact) mass is 218 g/mol. The van der Waals surface area contributed by atoms with E-state index >= 15 is 0 Å². The molecular formula is C14H18S. The summed E-state index contributed by atoms with van der Waals surface area (Å²) < 4.78 is 0. The molecule has 15 heavy (non-hydrogen) atoms. The molecule has 1 aromatic rings. The van der Waals surface area contributed by atoms with E-state index in [2.05, 4.69) is 19.6 Å². The van der Waals surface area contributed by atoms with Gasteiger partial charge in [-0.3, -0.25) is 0 Å². The molecule has 0 aliphatic heterocycles. The Morgan fingerprint density at radius 3 is 1.80 bits per heavy atom. The maximum absolute atomic E-state index is 4.54. The SMILES string of the molecule is Cc1c2c(c(CS)c3c1CCC3)CCC2. The molecule has 1 aromatic carbocycles. The van der Waals surface area contributed by atoms with Crippen molar-refractivity contribution >= 4 is 12.6 Å². The maximum atomic E-state index is 4.54. The van der Waals surface area contributed by atoms with Crippen LogP contribution in [0.5, 0.6) is 0 Å². The van der Waals surface area contributed by atoms with Crippen LogP contribution in [0.15, 0.2) is 0 Å². The summed E-state index contributed by atoms with van der Waals surface area (Å²) in [6, 6.07) is 0. The van der Waals surface area contributed by atoms with Crippen molar-refractivity contribution in [2.45, 2.75) is 51.2 Å². The molecule has 3 rings (SSSR count). The quantitative estimate of drug-likeness (QED) is 0.686. The fourth-order valence-electron chi connectivity index (χ4n) is 3.54. The lowest BCUT2D eigenvalue weighted by Crippen LogP contribution is -2.02. The van der Waals surface area contributed by atoms with Crippen molar-refractivity contribution in [2.24, 2.45) is 0 Å². The van der Waals surface area contributed by atoms with Gasteiger partial charge in [0.25, 0.3) is 0 Å². The minimum Gasteiger partial charge on any atom is -0.175 e. The van der Waals surface area contributed by atoms with Gasteiger partial charge < -0.3 is 0 Å². The molecule has 0 atom stereocenters. The molecule has 2 aliphatic rings. The third-order valence-electron chi connectivity index (χ3n) is 4.23. The number of rotatable bonds is 1. The van der Waals surface area contributed by atoms with Crippen molar-refractivity contribution in [2.75, 3.05) is 0 Å². The van der Waals surface area contributed by atoms with Crippen molar-refractivity contribution in [1.82, 2.24) is 0 Å². The molecular weight excluding hydrogens is 200 g/mol. The third kappa shape index (κ3) is 1.29. The Morgan fingerprint density at radius 2 is 1.33 bits per heavy atom. The number of thiol groups is 1. The summed E-state index contributed by atoms with van der Waals surface area (Å²) in [4.78, 5) is 0. The van der Waals surface area contributed by atoms with Crippen molar-refractivity contribution in [3.8, 4) is 0 Å². The van der Waals surface area contributed by atoms with Gasteiger partial charge in [0.05, 0.1) is 0 Å². The first kappa shape index (κ1) is 9.77. The molecule has 0 saturated carbocycles. The van der Waals surface area contributed by atoms with E-state index in [4.69, 9.17) is 0 Å². The predicted octanol–water partition coefficient (Wildman–Crippen LogP) is 3.40. The zero-order chi connectivity index (χ0) is 10.4. The summed E-state index contributed by atoms with van der Waals surface area (Å²) in [5, 5.41) is 0. The lowest BCUT2D eigenvalue weighted by atomic mass is 9.90. The number of hydrogen-bond acceptors (Lipinski definition) is 1. The van der Waals surface area contributed by atoms with Crippen LogP contribution in [0.4, 0.5) is 0 Å². The van der Waals surface area contributed by atoms with E-state index < -0.39 is 0 Å². The summed E-state index contributed by atoms with van der Waals surface area (Å²) in [5.41, 5.74) is 9.93. The Hall–Kier alpha value is -0.430. The van der Waals surface area contributed by atoms with E-state index in [9.17, 15) is 0 Å². The zero-order valence-electron chi connectivity index (χ0n) is 9.40. The van der Waals surface area contributed by atoms with Gasteiger partial charge in [0, 0.05) is 5.75 Å². The van der Waals surface area contributed by atoms with E-state index in [0.29, 0.717) is 0 Å². The number of fused-ring (bicyclic) bond motifs is 2. The molecule has 0 saturated heterocycles. The minimum atomic E-state index is 0.949. The molecule has 0 heterocycles. The Morgan fingerprint density at radius 1 is 0.867 bits per heavy atom. The highest BCUT2D eigenvalue weighted by atomic mass is 32.1. The van der Waals surface area contributed by atoms with Gasteiger partial charge in [-0.25, -0.2) is 0 Å². The highest BCUT2D eigenvalue weighted by Crippen LogP contribution is 2.38. The number of hydrogen-bond donors (Lipinski definition) is 1. The second-order valence-corrected chi connectivity index (χ2v) is 5.20. The first-order valence-electron chi connectivity index (χ1n) is 6.08. The van der Waals surface area contributed by atoms with E-state index in [0.717, 1.165) is 5.75 Å². The van der Waals surface area contributed by atoms with Crippen molar-refractivity contribution in [3.63, 3.8) is 0 Å². The topological polar surface area (TPSA) is 0 Å². The van der Waals surface area contributed by atoms with Crippen molar-refractivity contribution in [1.29, 1.82) is 0 Å². The molecule has 0 spiro atoms. The lowest BCUT2D eigenvalue weighted by molar-refractivity contribution is 0.888. The zero-order valence-corrected chi connectivity index (χ0v) is 10.3. The summed E-state index contributed by atoms with van der Waals surface area (Å²) in [6.07, 6.45) is 7.96. The average Bonchev–Trinajstić information content (AvgIpc) is 2.85. The molecule has 0 amide bonds. The molecule has 0 bridgehead atoms. The fraction of sp³-hybridized carbons (Fsp3) is 0.571. The summed E-state index contributed by atoms with van der Waals surface area (Å²) in [7, 11) is 0. The molecule has 2 aliphatic carbocycles. The minimum absolute atomic E-state index is 0.949. The Bertz CT molecular complexity index is 383. The second-order valence-electron chi connectivity index (χ2n) is 4.88. The molecule has 1 heteroatoms. The van der Waals surface area contributed by atoms with Crippen molar-refractivity contribution < 1.29 is 0 Å². The first-order valence-corrected chi connectivity index (χ1v) is 6.72. The Labute approximate surface area is 97.5 Å². The van der Waals surface area contributed by atoms with Gasteiger partial charge in [-0.1, -0.05) is 0 Å². The van der Waals surface area contributed by atoms with E-state index in [-0.39, 0.29) is 0 Å². The summed E-state index contributed by atoms with van der Waals surface area (Å²) in [6.45, 7) is 2.34. The Balaban J connectivity index is 2.31. The van der Waals surface area contributed by atoms with E-state index in [1.807, 2.05) is 0 Å². The normalized spacial score (nSPS) is 18.0. The van der Waals surface area contributed by atoms with Crippen LogP contribution in [-0.4, -0.2) is 0 Å². The summed E-state index contributed by atoms with van der Waals surface area (Å²) in [5.74, 6) is 0.949. The van der Waals surface area contributed by atoms with Gasteiger partial charge in [-0.2, -0.15) is 12.6 Å². The second kappa shape index (κ2) is 3.55. The molecule has 80 valence electrons. The molecule has 0 unspecified atom stereocenters. The van der Waals surface area contributed by atoms with Crippen molar-refractivity contribution in [3.05, 3.63) is 33.4 Å². The van der Waals surface area contributed by atoms with Crippen LogP contribution in [-0.2, 0) is 31.4 Å². The van der Waals surface area contributed by atoms with Crippen LogP contribution in [0.2, 0.25) is 0 Å². The standard InChI is InChI=1S/C14H18S/c1-9-10-4-2-6-12(10)14(8-15)13-7-3-5-11(9)13/h15H,2-8H2,1H3. The lowest BCUT2D eigenvalue weighted by Gasteiger charge is -2.16. The molecule has 0 nitrogen and oxygen atoms in total. The van der Waals surface area contributed by atoms with Crippen LogP contribution >= 0.6 is 12.6 Å². The van der Waals surface area contributed by atoms with Crippen LogP contribution in [0, 0.1) is 6.92 Å². The van der Waals surface area contributed by atoms with Gasteiger partial charge in [0.1, 0.15) is 0 Å². The Kier molecular flexibility index (Phi) is 2.31. The maximum Gasteiger partial charge on any atom is 0.0159 e. The molecule has 0 radical (unpaired) electrons. The average molecular weight is 218 g/mol. The third-order valence-corrected chi connectivity index (χ3v) is 4.54. The van der Waals surface area contributed by atoms with Gasteiger partial charge in [-0.15, -0.1) is 0 Å². The van der Waals surface area contributed by atoms with Gasteiger partial charge in [0.2, 0.25) is 0 Å². The van der Waals surface area contributed by atoms with Crippen LogP contribution in [0.25, 0.3) is 0 Å². The van der Waals surface area contributed by atoms with Crippen LogP contribution in [0.3, 0.4) is 0 Å². The fourth-order valence-corrected chi connectivity index (χ4v) is 3.92. The predicted molar refractivity (Wildman–Crippen MR) is 67.9 cm³/mol. The first-order chi connectivity index (χ1) is 7.33. The van der Waals surface area contributed by atoms with Gasteiger partial charge in [-0.05, 0) is 78.8 Å². The molecule has 0 aromatic heterocycles. The van der Waals surface area contributed by atoms with Gasteiger partial charge in [0.15, 0.2) is 0 Å². The van der Waals surface area contributed by atoms with Crippen LogP contribution < -0.4 is 0 Å². The number of benzene rings is 1. The van der Waals surface area contributed by atoms with Crippen LogP contribution in [0.1, 0.15) is 46.2 Å². The highest BCUT2D eigenvalue weighted by Gasteiger charge is 2.25. The smallest absolute Gasteiger partial charge is 0.0159 e. The molecule has 0 N–H and O–H groups in total. The molecule has 0 fully saturated rings. The summed E-state index contributed by atoms with van der Waals surface area (Å²) >= 11 is 4.54. The highest BCUT2D eigenvalue weighted by molar-refractivity contribution is 7.79. The van der Waals surface area contributed by atoms with Gasteiger partial charge >= 0.3 is 0 Å². The largest absolute Gasteiger partial charge is 0.175 e. The van der Waals surface area contributed by atoms with E-state index in [1.54, 1.807) is 33.4 Å². The van der Waals surface area contributed by atoms with E-state index in [1.165, 1.54) is 38.5 Å².